The van der Waals surface area contributed by atoms with Gasteiger partial charge in [-0.1, -0.05) is 0 Å². The molecule has 1 atom stereocenters. The molecule has 6 nitrogen and oxygen atoms in total. The quantitative estimate of drug-likeness (QED) is 0.310. The summed E-state index contributed by atoms with van der Waals surface area (Å²) in [6.45, 7) is 0. The molecule has 0 bridgehead atoms. The van der Waals surface area contributed by atoms with E-state index >= 15 is 0 Å². The first kappa shape index (κ1) is 13.3. The zero-order chi connectivity index (χ0) is 11.0. The van der Waals surface area contributed by atoms with E-state index in [0.717, 1.165) is 0 Å². The Kier molecular flexibility index (Phi) is 4.22. The van der Waals surface area contributed by atoms with E-state index in [1.54, 1.807) is 0 Å². The Morgan fingerprint density at radius 1 is 1.06 bits per heavy atom. The second-order valence-electron chi connectivity index (χ2n) is 2.85. The fourth-order valence-corrected chi connectivity index (χ4v) is 1.59. The van der Waals surface area contributed by atoms with E-state index in [2.05, 4.69) is 9.97 Å². The zero-order valence-electron chi connectivity index (χ0n) is 8.27. The zero-order valence-corrected chi connectivity index (χ0v) is 11.1. The molecular formula is C8H5N2NaO4S. The maximum Gasteiger partial charge on any atom is 1.00 e. The van der Waals surface area contributed by atoms with Gasteiger partial charge < -0.3 is 14.5 Å². The molecule has 1 aromatic carbocycles. The molecule has 1 aromatic heterocycles. The topological polar surface area (TPSA) is 106 Å². The number of H-pyrrole nitrogens is 2. The molecule has 2 aromatic rings. The van der Waals surface area contributed by atoms with Crippen LogP contribution in [-0.2, 0) is 11.1 Å². The third-order valence-corrected chi connectivity index (χ3v) is 2.52. The minimum atomic E-state index is -2.36. The summed E-state index contributed by atoms with van der Waals surface area (Å²) in [5, 5.41) is 0. The Bertz CT molecular complexity index is 663. The van der Waals surface area contributed by atoms with Crippen LogP contribution in [0.15, 0.2) is 32.7 Å². The number of aromatic amines is 2. The Morgan fingerprint density at radius 2 is 1.62 bits per heavy atom. The van der Waals surface area contributed by atoms with E-state index < -0.39 is 22.2 Å². The van der Waals surface area contributed by atoms with Crippen LogP contribution in [0.4, 0.5) is 0 Å². The Balaban J connectivity index is 0.00000128. The molecule has 0 radical (unpaired) electrons. The van der Waals surface area contributed by atoms with Crippen LogP contribution in [0.5, 0.6) is 0 Å². The molecule has 1 heterocycles. The summed E-state index contributed by atoms with van der Waals surface area (Å²) < 4.78 is 21.3. The van der Waals surface area contributed by atoms with Gasteiger partial charge in [0, 0.05) is 4.90 Å². The van der Waals surface area contributed by atoms with Crippen molar-refractivity contribution in [2.45, 2.75) is 4.90 Å². The van der Waals surface area contributed by atoms with Gasteiger partial charge in [-0.05, 0) is 29.3 Å². The first-order chi connectivity index (χ1) is 7.08. The molecule has 0 saturated heterocycles. The second kappa shape index (κ2) is 5.07. The van der Waals surface area contributed by atoms with Crippen molar-refractivity contribution in [3.63, 3.8) is 0 Å². The van der Waals surface area contributed by atoms with Crippen LogP contribution in [-0.4, -0.2) is 18.7 Å². The van der Waals surface area contributed by atoms with Crippen molar-refractivity contribution in [2.24, 2.45) is 0 Å². The molecular weight excluding hydrogens is 243 g/mol. The van der Waals surface area contributed by atoms with Crippen molar-refractivity contribution >= 4 is 22.1 Å². The second-order valence-corrected chi connectivity index (χ2v) is 3.79. The van der Waals surface area contributed by atoms with Crippen LogP contribution in [0.3, 0.4) is 0 Å². The third kappa shape index (κ3) is 2.50. The molecule has 0 saturated carbocycles. The van der Waals surface area contributed by atoms with E-state index in [1.165, 1.54) is 18.2 Å². The summed E-state index contributed by atoms with van der Waals surface area (Å²) in [6.07, 6.45) is 0. The van der Waals surface area contributed by atoms with Crippen molar-refractivity contribution in [3.05, 3.63) is 38.9 Å². The van der Waals surface area contributed by atoms with Crippen molar-refractivity contribution in [1.29, 1.82) is 0 Å². The van der Waals surface area contributed by atoms with E-state index in [1.807, 2.05) is 0 Å². The van der Waals surface area contributed by atoms with Gasteiger partial charge >= 0.3 is 40.7 Å². The summed E-state index contributed by atoms with van der Waals surface area (Å²) >= 11 is -2.36. The summed E-state index contributed by atoms with van der Waals surface area (Å²) in [5.74, 6) is 0. The van der Waals surface area contributed by atoms with Crippen LogP contribution in [0.25, 0.3) is 11.0 Å². The molecule has 0 spiro atoms. The van der Waals surface area contributed by atoms with Crippen LogP contribution in [0.2, 0.25) is 0 Å². The van der Waals surface area contributed by atoms with Crippen molar-refractivity contribution < 1.29 is 38.3 Å². The van der Waals surface area contributed by atoms with E-state index in [9.17, 15) is 18.4 Å². The number of aromatic nitrogens is 2. The molecule has 2 rings (SSSR count). The van der Waals surface area contributed by atoms with Gasteiger partial charge in [0.25, 0.3) is 0 Å². The number of hydrogen-bond acceptors (Lipinski definition) is 4. The molecule has 0 aliphatic carbocycles. The van der Waals surface area contributed by atoms with Crippen molar-refractivity contribution in [1.82, 2.24) is 9.97 Å². The molecule has 0 aliphatic heterocycles. The molecule has 8 heteroatoms. The number of benzene rings is 1. The van der Waals surface area contributed by atoms with E-state index in [0.29, 0.717) is 5.52 Å². The predicted octanol–water partition coefficient (Wildman–Crippen LogP) is -3.54. The minimum absolute atomic E-state index is 0. The first-order valence-electron chi connectivity index (χ1n) is 3.93. The van der Waals surface area contributed by atoms with Gasteiger partial charge in [-0.15, -0.1) is 0 Å². The minimum Gasteiger partial charge on any atom is -0.768 e. The normalized spacial score (nSPS) is 12.1. The number of nitrogens with one attached hydrogen (secondary N) is 2. The third-order valence-electron chi connectivity index (χ3n) is 1.89. The molecule has 1 unspecified atom stereocenters. The molecule has 0 fully saturated rings. The maximum atomic E-state index is 11.0. The SMILES string of the molecule is O=c1[nH]c2ccc(S(=O)[O-])cc2[nH]c1=O.[Na+]. The predicted molar refractivity (Wildman–Crippen MR) is 52.4 cm³/mol. The fraction of sp³-hybridized carbons (Fsp3) is 0. The maximum absolute atomic E-state index is 11.0. The van der Waals surface area contributed by atoms with Crippen LogP contribution in [0.1, 0.15) is 0 Å². The number of rotatable bonds is 1. The summed E-state index contributed by atoms with van der Waals surface area (Å²) in [5.41, 5.74) is -0.912. The van der Waals surface area contributed by atoms with Gasteiger partial charge in [0.05, 0.1) is 11.0 Å². The summed E-state index contributed by atoms with van der Waals surface area (Å²) in [6, 6.07) is 4.02. The van der Waals surface area contributed by atoms with Gasteiger partial charge in [0.1, 0.15) is 0 Å². The number of hydrogen-bond donors (Lipinski definition) is 2. The Hall–Kier alpha value is -0.730. The average Bonchev–Trinajstić information content (AvgIpc) is 2.19. The molecule has 2 N–H and O–H groups in total. The standard InChI is InChI=1S/C8H6N2O4S.Na/c11-7-8(12)10-6-3-4(15(13)14)1-2-5(6)9-7;/h1-3H,(H,9,11)(H,10,12)(H,13,14);/q;+1/p-1. The summed E-state index contributed by atoms with van der Waals surface area (Å²) in [4.78, 5) is 26.5. The number of fused-ring (bicyclic) bond motifs is 1. The summed E-state index contributed by atoms with van der Waals surface area (Å²) in [7, 11) is 0. The van der Waals surface area contributed by atoms with Gasteiger partial charge in [-0.25, -0.2) is 0 Å². The Morgan fingerprint density at radius 3 is 2.19 bits per heavy atom. The van der Waals surface area contributed by atoms with Crippen LogP contribution < -0.4 is 40.7 Å². The van der Waals surface area contributed by atoms with Crippen molar-refractivity contribution in [2.75, 3.05) is 0 Å². The monoisotopic (exact) mass is 248 g/mol. The molecule has 0 aliphatic rings. The largest absolute Gasteiger partial charge is 1.00 e. The molecule has 78 valence electrons. The van der Waals surface area contributed by atoms with Crippen LogP contribution >= 0.6 is 0 Å². The van der Waals surface area contributed by atoms with E-state index in [-0.39, 0.29) is 40.0 Å². The molecule has 0 amide bonds. The van der Waals surface area contributed by atoms with Crippen molar-refractivity contribution in [3.8, 4) is 0 Å². The van der Waals surface area contributed by atoms with Gasteiger partial charge in [-0.3, -0.25) is 13.8 Å². The fourth-order valence-electron chi connectivity index (χ4n) is 1.20. The van der Waals surface area contributed by atoms with E-state index in [4.69, 9.17) is 0 Å². The van der Waals surface area contributed by atoms with Gasteiger partial charge in [0.2, 0.25) is 0 Å². The first-order valence-corrected chi connectivity index (χ1v) is 5.01. The molecule has 16 heavy (non-hydrogen) atoms. The van der Waals surface area contributed by atoms with Crippen LogP contribution in [0, 0.1) is 0 Å². The Labute approximate surface area is 114 Å². The van der Waals surface area contributed by atoms with Gasteiger partial charge in [-0.2, -0.15) is 0 Å². The van der Waals surface area contributed by atoms with Gasteiger partial charge in [0.15, 0.2) is 0 Å². The smallest absolute Gasteiger partial charge is 0.768 e. The average molecular weight is 248 g/mol.